The normalized spacial score (nSPS) is 11.0. The second-order valence-electron chi connectivity index (χ2n) is 6.91. The second-order valence-corrected chi connectivity index (χ2v) is 6.91. The van der Waals surface area contributed by atoms with Gasteiger partial charge in [-0.1, -0.05) is 26.0 Å². The molecule has 2 rings (SSSR count). The van der Waals surface area contributed by atoms with Crippen LogP contribution in [0.5, 0.6) is 0 Å². The summed E-state index contributed by atoms with van der Waals surface area (Å²) in [5.41, 5.74) is 5.73. The number of aryl methyl sites for hydroxylation is 3. The largest absolute Gasteiger partial charge is 0.326 e. The molecule has 0 atom stereocenters. The highest BCUT2D eigenvalue weighted by molar-refractivity contribution is 5.94. The number of nitrogens with one attached hydrogen (secondary N) is 1. The van der Waals surface area contributed by atoms with Crippen LogP contribution < -0.4 is 5.32 Å². The van der Waals surface area contributed by atoms with Crippen molar-refractivity contribution in [1.82, 2.24) is 9.78 Å². The number of benzene rings is 1. The molecule has 1 aromatic heterocycles. The topological polar surface area (TPSA) is 64.0 Å². The monoisotopic (exact) mass is 341 g/mol. The summed E-state index contributed by atoms with van der Waals surface area (Å²) in [4.78, 5) is 24.6. The Morgan fingerprint density at radius 1 is 1.12 bits per heavy atom. The highest BCUT2D eigenvalue weighted by Gasteiger charge is 2.19. The first-order chi connectivity index (χ1) is 11.7. The van der Waals surface area contributed by atoms with Gasteiger partial charge in [0.25, 0.3) is 0 Å². The summed E-state index contributed by atoms with van der Waals surface area (Å²) in [5.74, 6) is 0.00502. The van der Waals surface area contributed by atoms with Gasteiger partial charge in [-0.15, -0.1) is 0 Å². The molecule has 5 nitrogen and oxygen atoms in total. The maximum atomic E-state index is 12.5. The van der Waals surface area contributed by atoms with Gasteiger partial charge >= 0.3 is 0 Å². The van der Waals surface area contributed by atoms with Crippen LogP contribution in [-0.4, -0.2) is 21.6 Å². The Hall–Kier alpha value is -2.43. The molecule has 0 radical (unpaired) electrons. The fourth-order valence-corrected chi connectivity index (χ4v) is 3.14. The average Bonchev–Trinajstić information content (AvgIpc) is 2.83. The summed E-state index contributed by atoms with van der Waals surface area (Å²) in [6, 6.07) is 5.91. The van der Waals surface area contributed by atoms with E-state index in [1.807, 2.05) is 45.9 Å². The maximum absolute atomic E-state index is 12.5. The van der Waals surface area contributed by atoms with Crippen molar-refractivity contribution in [3.05, 3.63) is 46.3 Å². The van der Waals surface area contributed by atoms with Gasteiger partial charge in [0.1, 0.15) is 0 Å². The van der Waals surface area contributed by atoms with E-state index in [2.05, 4.69) is 24.3 Å². The summed E-state index contributed by atoms with van der Waals surface area (Å²) in [6.07, 6.45) is 0.276. The van der Waals surface area contributed by atoms with E-state index in [4.69, 9.17) is 0 Å². The van der Waals surface area contributed by atoms with Crippen molar-refractivity contribution in [3.8, 4) is 0 Å². The van der Waals surface area contributed by atoms with Gasteiger partial charge in [-0.05, 0) is 56.4 Å². The number of rotatable bonds is 5. The maximum Gasteiger partial charge on any atom is 0.247 e. The van der Waals surface area contributed by atoms with Crippen molar-refractivity contribution in [3.63, 3.8) is 0 Å². The molecule has 1 N–H and O–H groups in total. The molecule has 5 heteroatoms. The van der Waals surface area contributed by atoms with E-state index in [0.717, 1.165) is 33.8 Å². The van der Waals surface area contributed by atoms with Crippen LogP contribution in [0.25, 0.3) is 0 Å². The molecule has 1 heterocycles. The minimum absolute atomic E-state index is 0.135. The van der Waals surface area contributed by atoms with E-state index in [0.29, 0.717) is 5.92 Å². The molecular formula is C20H27N3O2. The smallest absolute Gasteiger partial charge is 0.247 e. The van der Waals surface area contributed by atoms with Crippen molar-refractivity contribution in [2.24, 2.45) is 0 Å². The molecule has 0 aliphatic carbocycles. The Morgan fingerprint density at radius 3 is 2.40 bits per heavy atom. The first-order valence-electron chi connectivity index (χ1n) is 8.67. The van der Waals surface area contributed by atoms with Gasteiger partial charge in [0, 0.05) is 24.2 Å². The Labute approximate surface area is 149 Å². The molecule has 0 spiro atoms. The third-order valence-electron chi connectivity index (χ3n) is 4.39. The predicted molar refractivity (Wildman–Crippen MR) is 100 cm³/mol. The lowest BCUT2D eigenvalue weighted by Crippen LogP contribution is -2.19. The molecule has 134 valence electrons. The number of nitrogens with zero attached hydrogens (tertiary/aromatic N) is 2. The van der Waals surface area contributed by atoms with Crippen LogP contribution in [0.3, 0.4) is 0 Å². The van der Waals surface area contributed by atoms with Crippen molar-refractivity contribution < 1.29 is 9.59 Å². The van der Waals surface area contributed by atoms with E-state index in [9.17, 15) is 9.59 Å². The Kier molecular flexibility index (Phi) is 5.77. The summed E-state index contributed by atoms with van der Waals surface area (Å²) in [5, 5.41) is 7.24. The second kappa shape index (κ2) is 7.64. The number of amides is 1. The quantitative estimate of drug-likeness (QED) is 0.882. The van der Waals surface area contributed by atoms with E-state index < -0.39 is 0 Å². The zero-order valence-corrected chi connectivity index (χ0v) is 15.9. The first kappa shape index (κ1) is 18.9. The van der Waals surface area contributed by atoms with Crippen molar-refractivity contribution >= 4 is 17.5 Å². The molecule has 0 aliphatic heterocycles. The molecule has 0 saturated heterocycles. The lowest BCUT2D eigenvalue weighted by atomic mass is 10.0. The number of hydrogen-bond acceptors (Lipinski definition) is 3. The molecule has 25 heavy (non-hydrogen) atoms. The van der Waals surface area contributed by atoms with Gasteiger partial charge in [0.15, 0.2) is 0 Å². The van der Waals surface area contributed by atoms with Crippen LogP contribution in [0.4, 0.5) is 5.69 Å². The minimum atomic E-state index is -0.160. The number of carbonyl (C=O) groups is 2. The molecule has 1 aromatic carbocycles. The number of anilines is 1. The van der Waals surface area contributed by atoms with Gasteiger partial charge in [-0.3, -0.25) is 9.59 Å². The molecule has 0 unspecified atom stereocenters. The molecule has 0 aliphatic rings. The molecule has 2 aromatic rings. The lowest BCUT2D eigenvalue weighted by molar-refractivity contribution is -0.116. The Bertz CT molecular complexity index is 804. The summed E-state index contributed by atoms with van der Waals surface area (Å²) < 4.78 is 1.44. The molecule has 1 amide bonds. The van der Waals surface area contributed by atoms with E-state index >= 15 is 0 Å². The molecule has 0 fully saturated rings. The van der Waals surface area contributed by atoms with Crippen LogP contribution in [0, 0.1) is 27.7 Å². The Morgan fingerprint density at radius 2 is 1.80 bits per heavy atom. The predicted octanol–water partition coefficient (Wildman–Crippen LogP) is 4.30. The average molecular weight is 341 g/mol. The van der Waals surface area contributed by atoms with E-state index in [1.165, 1.54) is 4.68 Å². The number of carbonyl (C=O) groups excluding carboxylic acids is 2. The summed E-state index contributed by atoms with van der Waals surface area (Å²) in [6.45, 7) is 11.9. The zero-order chi connectivity index (χ0) is 18.7. The van der Waals surface area contributed by atoms with Crippen LogP contribution in [0.15, 0.2) is 18.2 Å². The summed E-state index contributed by atoms with van der Waals surface area (Å²) in [7, 11) is 0. The number of hydrogen-bond donors (Lipinski definition) is 1. The SMILES string of the molecule is Cc1ccc(C)c(NC(=O)CCC(=O)n2nc(C)c(C(C)C)c2C)c1. The van der Waals surface area contributed by atoms with Gasteiger partial charge in [-0.2, -0.15) is 5.10 Å². The third kappa shape index (κ3) is 4.35. The highest BCUT2D eigenvalue weighted by atomic mass is 16.2. The van der Waals surface area contributed by atoms with Crippen LogP contribution in [0.2, 0.25) is 0 Å². The van der Waals surface area contributed by atoms with E-state index in [-0.39, 0.29) is 24.7 Å². The highest BCUT2D eigenvalue weighted by Crippen LogP contribution is 2.23. The van der Waals surface area contributed by atoms with Crippen molar-refractivity contribution in [2.45, 2.75) is 60.3 Å². The molecule has 0 saturated carbocycles. The number of aromatic nitrogens is 2. The Balaban J connectivity index is 2.01. The molecular weight excluding hydrogens is 314 g/mol. The fourth-order valence-electron chi connectivity index (χ4n) is 3.14. The fraction of sp³-hybridized carbons (Fsp3) is 0.450. The van der Waals surface area contributed by atoms with Gasteiger partial charge in [-0.25, -0.2) is 4.68 Å². The lowest BCUT2D eigenvalue weighted by Gasteiger charge is -2.10. The van der Waals surface area contributed by atoms with Crippen molar-refractivity contribution in [1.29, 1.82) is 0 Å². The zero-order valence-electron chi connectivity index (χ0n) is 15.9. The first-order valence-corrected chi connectivity index (χ1v) is 8.67. The third-order valence-corrected chi connectivity index (χ3v) is 4.39. The van der Waals surface area contributed by atoms with Gasteiger partial charge < -0.3 is 5.32 Å². The van der Waals surface area contributed by atoms with Crippen LogP contribution in [-0.2, 0) is 4.79 Å². The standard InChI is InChI=1S/C20H27N3O2/c1-12(2)20-15(5)22-23(16(20)6)19(25)10-9-18(24)21-17-11-13(3)7-8-14(17)4/h7-8,11-12H,9-10H2,1-6H3,(H,21,24). The minimum Gasteiger partial charge on any atom is -0.326 e. The van der Waals surface area contributed by atoms with E-state index in [1.54, 1.807) is 0 Å². The van der Waals surface area contributed by atoms with Gasteiger partial charge in [0.2, 0.25) is 11.8 Å². The van der Waals surface area contributed by atoms with Crippen LogP contribution in [0.1, 0.15) is 65.5 Å². The van der Waals surface area contributed by atoms with Crippen LogP contribution >= 0.6 is 0 Å². The van der Waals surface area contributed by atoms with Crippen molar-refractivity contribution in [2.75, 3.05) is 5.32 Å². The molecule has 0 bridgehead atoms. The van der Waals surface area contributed by atoms with Gasteiger partial charge in [0.05, 0.1) is 5.69 Å². The summed E-state index contributed by atoms with van der Waals surface area (Å²) >= 11 is 0.